The molecule has 2 unspecified atom stereocenters. The molecule has 1 fully saturated rings. The molecule has 0 amide bonds. The number of pyridine rings is 1. The van der Waals surface area contributed by atoms with Crippen molar-refractivity contribution in [2.45, 2.75) is 25.4 Å². The molecular weight excluding hydrogens is 386 g/mol. The number of methoxy groups -OCH3 is 1. The molecule has 0 spiro atoms. The van der Waals surface area contributed by atoms with Crippen molar-refractivity contribution in [3.05, 3.63) is 16.7 Å². The first-order valence-corrected chi connectivity index (χ1v) is 9.39. The molecule has 0 saturated carbocycles. The van der Waals surface area contributed by atoms with Crippen molar-refractivity contribution in [2.24, 2.45) is 0 Å². The third-order valence-corrected chi connectivity index (χ3v) is 4.50. The van der Waals surface area contributed by atoms with Gasteiger partial charge >= 0.3 is 0 Å². The number of nitrogens with zero attached hydrogens (tertiary/aromatic N) is 2. The van der Waals surface area contributed by atoms with Crippen LogP contribution < -0.4 is 9.46 Å². The predicted molar refractivity (Wildman–Crippen MR) is 92.9 cm³/mol. The SMILES string of the molecule is COC1CCCN(CCCOc2ncc(Br)cc2NS(=O)O)C1. The molecule has 1 aromatic heterocycles. The second-order valence-electron chi connectivity index (χ2n) is 5.36. The summed E-state index contributed by atoms with van der Waals surface area (Å²) in [6.07, 6.45) is 5.06. The maximum atomic E-state index is 10.9. The Morgan fingerprint density at radius 2 is 2.43 bits per heavy atom. The first-order chi connectivity index (χ1) is 11.1. The smallest absolute Gasteiger partial charge is 0.259 e. The minimum atomic E-state index is -2.16. The van der Waals surface area contributed by atoms with Crippen molar-refractivity contribution in [3.8, 4) is 5.88 Å². The third-order valence-electron chi connectivity index (χ3n) is 3.67. The van der Waals surface area contributed by atoms with Gasteiger partial charge in [0.05, 0.1) is 12.7 Å². The Hall–Kier alpha value is -0.740. The van der Waals surface area contributed by atoms with Gasteiger partial charge in [-0.1, -0.05) is 0 Å². The number of anilines is 1. The number of ether oxygens (including phenoxy) is 2. The molecule has 1 aliphatic heterocycles. The van der Waals surface area contributed by atoms with Crippen LogP contribution in [0.4, 0.5) is 5.69 Å². The molecule has 2 atom stereocenters. The molecule has 0 bridgehead atoms. The highest BCUT2D eigenvalue weighted by Gasteiger charge is 2.18. The molecule has 2 heterocycles. The number of halogens is 1. The summed E-state index contributed by atoms with van der Waals surface area (Å²) in [6, 6.07) is 1.66. The molecule has 2 rings (SSSR count). The first kappa shape index (κ1) is 18.6. The highest BCUT2D eigenvalue weighted by molar-refractivity contribution is 9.10. The van der Waals surface area contributed by atoms with Crippen LogP contribution in [-0.2, 0) is 16.0 Å². The topological polar surface area (TPSA) is 83.9 Å². The molecule has 2 N–H and O–H groups in total. The van der Waals surface area contributed by atoms with Crippen LogP contribution in [0.1, 0.15) is 19.3 Å². The summed E-state index contributed by atoms with van der Waals surface area (Å²) in [5.41, 5.74) is 0.387. The van der Waals surface area contributed by atoms with Crippen LogP contribution in [0.3, 0.4) is 0 Å². The Morgan fingerprint density at radius 3 is 3.17 bits per heavy atom. The predicted octanol–water partition coefficient (Wildman–Crippen LogP) is 2.27. The van der Waals surface area contributed by atoms with Crippen molar-refractivity contribution in [2.75, 3.05) is 38.1 Å². The fourth-order valence-electron chi connectivity index (χ4n) is 2.57. The van der Waals surface area contributed by atoms with Gasteiger partial charge in [-0.05, 0) is 47.8 Å². The van der Waals surface area contributed by atoms with Crippen LogP contribution in [-0.4, -0.2) is 58.1 Å². The van der Waals surface area contributed by atoms with Crippen LogP contribution in [0, 0.1) is 0 Å². The maximum Gasteiger partial charge on any atom is 0.259 e. The summed E-state index contributed by atoms with van der Waals surface area (Å²) in [7, 11) is 1.76. The van der Waals surface area contributed by atoms with Gasteiger partial charge in [-0.3, -0.25) is 9.27 Å². The zero-order valence-corrected chi connectivity index (χ0v) is 15.4. The van der Waals surface area contributed by atoms with Crippen LogP contribution in [0.5, 0.6) is 5.88 Å². The van der Waals surface area contributed by atoms with Gasteiger partial charge < -0.3 is 14.4 Å². The Kier molecular flexibility index (Phi) is 7.71. The molecule has 0 radical (unpaired) electrons. The largest absolute Gasteiger partial charge is 0.476 e. The number of hydrogen-bond donors (Lipinski definition) is 2. The van der Waals surface area contributed by atoms with Gasteiger partial charge in [-0.2, -0.15) is 0 Å². The van der Waals surface area contributed by atoms with E-state index < -0.39 is 11.3 Å². The summed E-state index contributed by atoms with van der Waals surface area (Å²) in [5, 5.41) is 0. The van der Waals surface area contributed by atoms with Crippen LogP contribution >= 0.6 is 15.9 Å². The minimum Gasteiger partial charge on any atom is -0.476 e. The minimum absolute atomic E-state index is 0.323. The van der Waals surface area contributed by atoms with Crippen LogP contribution in [0.25, 0.3) is 0 Å². The average Bonchev–Trinajstić information content (AvgIpc) is 2.53. The molecule has 0 aromatic carbocycles. The number of hydrogen-bond acceptors (Lipinski definition) is 5. The summed E-state index contributed by atoms with van der Waals surface area (Å²) >= 11 is 1.11. The van der Waals surface area contributed by atoms with E-state index in [1.807, 2.05) is 0 Å². The second kappa shape index (κ2) is 9.53. The number of likely N-dealkylation sites (tertiary alicyclic amines) is 1. The van der Waals surface area contributed by atoms with Crippen molar-refractivity contribution >= 4 is 32.9 Å². The molecule has 0 aliphatic carbocycles. The monoisotopic (exact) mass is 407 g/mol. The van der Waals surface area contributed by atoms with Gasteiger partial charge in [0.2, 0.25) is 5.88 Å². The molecule has 23 heavy (non-hydrogen) atoms. The van der Waals surface area contributed by atoms with E-state index in [0.717, 1.165) is 38.9 Å². The lowest BCUT2D eigenvalue weighted by atomic mass is 10.1. The third kappa shape index (κ3) is 6.34. The van der Waals surface area contributed by atoms with Gasteiger partial charge in [-0.25, -0.2) is 9.19 Å². The zero-order valence-electron chi connectivity index (χ0n) is 13.0. The molecule has 130 valence electrons. The number of piperidine rings is 1. The Bertz CT molecular complexity index is 535. The average molecular weight is 408 g/mol. The van der Waals surface area contributed by atoms with Gasteiger partial charge in [0.15, 0.2) is 0 Å². The van der Waals surface area contributed by atoms with Crippen molar-refractivity contribution in [3.63, 3.8) is 0 Å². The van der Waals surface area contributed by atoms with Crippen molar-refractivity contribution in [1.29, 1.82) is 0 Å². The number of nitrogens with one attached hydrogen (secondary N) is 1. The summed E-state index contributed by atoms with van der Waals surface area (Å²) in [6.45, 7) is 3.48. The number of rotatable bonds is 8. The molecule has 7 nitrogen and oxygen atoms in total. The van der Waals surface area contributed by atoms with Crippen LogP contribution in [0.15, 0.2) is 16.7 Å². The maximum absolute atomic E-state index is 10.9. The Morgan fingerprint density at radius 1 is 1.61 bits per heavy atom. The normalized spacial score (nSPS) is 20.2. The van der Waals surface area contributed by atoms with E-state index in [-0.39, 0.29) is 0 Å². The molecule has 1 saturated heterocycles. The zero-order chi connectivity index (χ0) is 16.7. The number of aromatic nitrogens is 1. The van der Waals surface area contributed by atoms with E-state index in [2.05, 4.69) is 30.5 Å². The second-order valence-corrected chi connectivity index (χ2v) is 6.98. The van der Waals surface area contributed by atoms with Gasteiger partial charge in [0, 0.05) is 30.9 Å². The summed E-state index contributed by atoms with van der Waals surface area (Å²) < 4.78 is 34.0. The first-order valence-electron chi connectivity index (χ1n) is 7.49. The summed E-state index contributed by atoms with van der Waals surface area (Å²) in [4.78, 5) is 6.50. The Labute approximate surface area is 147 Å². The van der Waals surface area contributed by atoms with E-state index in [1.165, 1.54) is 0 Å². The van der Waals surface area contributed by atoms with E-state index in [9.17, 15) is 4.21 Å². The van der Waals surface area contributed by atoms with Crippen molar-refractivity contribution < 1.29 is 18.2 Å². The highest BCUT2D eigenvalue weighted by atomic mass is 79.9. The summed E-state index contributed by atoms with van der Waals surface area (Å²) in [5.74, 6) is 0.323. The molecule has 9 heteroatoms. The molecular formula is C14H22BrN3O4S. The van der Waals surface area contributed by atoms with E-state index in [4.69, 9.17) is 14.0 Å². The Balaban J connectivity index is 1.78. The van der Waals surface area contributed by atoms with Crippen LogP contribution in [0.2, 0.25) is 0 Å². The standard InChI is InChI=1S/C14H22BrN3O4S/c1-21-12-4-2-5-18(10-12)6-3-7-22-14-13(17-23(19)20)8-11(15)9-16-14/h8-9,12,17H,2-7,10H2,1H3,(H,19,20). The highest BCUT2D eigenvalue weighted by Crippen LogP contribution is 2.25. The van der Waals surface area contributed by atoms with Gasteiger partial charge in [-0.15, -0.1) is 0 Å². The lowest BCUT2D eigenvalue weighted by Crippen LogP contribution is -2.40. The quantitative estimate of drug-likeness (QED) is 0.507. The van der Waals surface area contributed by atoms with Gasteiger partial charge in [0.25, 0.3) is 11.3 Å². The van der Waals surface area contributed by atoms with E-state index >= 15 is 0 Å². The van der Waals surface area contributed by atoms with E-state index in [0.29, 0.717) is 28.8 Å². The van der Waals surface area contributed by atoms with Crippen molar-refractivity contribution in [1.82, 2.24) is 9.88 Å². The van der Waals surface area contributed by atoms with Gasteiger partial charge in [0.1, 0.15) is 5.69 Å². The fourth-order valence-corrected chi connectivity index (χ4v) is 3.24. The molecule has 1 aliphatic rings. The lowest BCUT2D eigenvalue weighted by Gasteiger charge is -2.31. The van der Waals surface area contributed by atoms with E-state index in [1.54, 1.807) is 19.4 Å². The molecule has 1 aromatic rings. The fraction of sp³-hybridized carbons (Fsp3) is 0.643. The lowest BCUT2D eigenvalue weighted by molar-refractivity contribution is 0.0298.